The summed E-state index contributed by atoms with van der Waals surface area (Å²) >= 11 is 0. The topological polar surface area (TPSA) is 64.4 Å². The molecule has 1 aliphatic heterocycles. The summed E-state index contributed by atoms with van der Waals surface area (Å²) in [6.07, 6.45) is 3.34. The Morgan fingerprint density at radius 2 is 2.16 bits per heavy atom. The van der Waals surface area contributed by atoms with Gasteiger partial charge in [0.05, 0.1) is 5.60 Å². The fraction of sp³-hybridized carbons (Fsp3) is 0.533. The maximum atomic E-state index is 11.8. The van der Waals surface area contributed by atoms with Crippen LogP contribution in [0.3, 0.4) is 0 Å². The highest BCUT2D eigenvalue weighted by Gasteiger charge is 2.29. The lowest BCUT2D eigenvalue weighted by Gasteiger charge is -2.23. The minimum atomic E-state index is -0.170. The summed E-state index contributed by atoms with van der Waals surface area (Å²) in [6.45, 7) is 3.46. The van der Waals surface area contributed by atoms with Crippen LogP contribution >= 0.6 is 0 Å². The van der Waals surface area contributed by atoms with Gasteiger partial charge in [-0.3, -0.25) is 4.79 Å². The summed E-state index contributed by atoms with van der Waals surface area (Å²) in [4.78, 5) is 11.8. The molecular formula is C15H22N2O2. The van der Waals surface area contributed by atoms with Crippen LogP contribution in [0.1, 0.15) is 31.7 Å². The van der Waals surface area contributed by atoms with Crippen molar-refractivity contribution in [2.45, 2.75) is 38.2 Å². The summed E-state index contributed by atoms with van der Waals surface area (Å²) in [5.41, 5.74) is 7.33. The first-order valence-electron chi connectivity index (χ1n) is 6.82. The second kappa shape index (κ2) is 6.06. The third kappa shape index (κ3) is 4.24. The van der Waals surface area contributed by atoms with Crippen LogP contribution in [0.15, 0.2) is 24.3 Å². The highest BCUT2D eigenvalue weighted by molar-refractivity contribution is 5.76. The van der Waals surface area contributed by atoms with E-state index in [-0.39, 0.29) is 11.5 Å². The van der Waals surface area contributed by atoms with E-state index < -0.39 is 0 Å². The lowest BCUT2D eigenvalue weighted by Crippen LogP contribution is -2.40. The van der Waals surface area contributed by atoms with Gasteiger partial charge in [0.1, 0.15) is 0 Å². The molecule has 0 spiro atoms. The molecule has 104 valence electrons. The maximum Gasteiger partial charge on any atom is 0.220 e. The zero-order chi connectivity index (χ0) is 13.7. The molecule has 1 saturated heterocycles. The van der Waals surface area contributed by atoms with Gasteiger partial charge in [0.2, 0.25) is 5.91 Å². The number of carbonyl (C=O) groups is 1. The molecule has 4 heteroatoms. The van der Waals surface area contributed by atoms with E-state index in [0.29, 0.717) is 13.0 Å². The Kier molecular flexibility index (Phi) is 4.43. The van der Waals surface area contributed by atoms with Crippen molar-refractivity contribution in [1.29, 1.82) is 0 Å². The van der Waals surface area contributed by atoms with Gasteiger partial charge in [-0.25, -0.2) is 0 Å². The second-order valence-corrected chi connectivity index (χ2v) is 5.42. The minimum absolute atomic E-state index is 0.0774. The predicted octanol–water partition coefficient (Wildman–Crippen LogP) is 1.89. The van der Waals surface area contributed by atoms with Crippen molar-refractivity contribution in [1.82, 2.24) is 5.32 Å². The van der Waals surface area contributed by atoms with Crippen LogP contribution in [-0.4, -0.2) is 24.7 Å². The van der Waals surface area contributed by atoms with Gasteiger partial charge in [-0.1, -0.05) is 12.1 Å². The molecule has 1 unspecified atom stereocenters. The normalized spacial score (nSPS) is 22.4. The molecule has 0 bridgehead atoms. The smallest absolute Gasteiger partial charge is 0.220 e. The number of ether oxygens (including phenoxy) is 1. The van der Waals surface area contributed by atoms with Gasteiger partial charge in [-0.15, -0.1) is 0 Å². The Hall–Kier alpha value is -1.55. The molecule has 0 aromatic heterocycles. The van der Waals surface area contributed by atoms with Gasteiger partial charge in [-0.2, -0.15) is 0 Å². The summed E-state index contributed by atoms with van der Waals surface area (Å²) in [6, 6.07) is 7.65. The summed E-state index contributed by atoms with van der Waals surface area (Å²) in [5, 5.41) is 2.96. The van der Waals surface area contributed by atoms with Gasteiger partial charge in [0, 0.05) is 25.3 Å². The number of nitrogens with two attached hydrogens (primary N) is 1. The summed E-state index contributed by atoms with van der Waals surface area (Å²) in [7, 11) is 0. The maximum absolute atomic E-state index is 11.8. The van der Waals surface area contributed by atoms with Crippen LogP contribution in [0.25, 0.3) is 0 Å². The molecule has 1 aromatic carbocycles. The molecular weight excluding hydrogens is 240 g/mol. The molecule has 1 heterocycles. The highest BCUT2D eigenvalue weighted by atomic mass is 16.5. The van der Waals surface area contributed by atoms with Gasteiger partial charge in [-0.05, 0) is 43.9 Å². The van der Waals surface area contributed by atoms with Crippen LogP contribution in [0.4, 0.5) is 5.69 Å². The van der Waals surface area contributed by atoms with Crippen LogP contribution in [0, 0.1) is 0 Å². The Morgan fingerprint density at radius 1 is 1.42 bits per heavy atom. The quantitative estimate of drug-likeness (QED) is 0.796. The number of nitrogens with one attached hydrogen (secondary N) is 1. The summed E-state index contributed by atoms with van der Waals surface area (Å²) in [5.74, 6) is 0.0774. The Labute approximate surface area is 114 Å². The number of hydrogen-bond acceptors (Lipinski definition) is 3. The first-order chi connectivity index (χ1) is 9.07. The first kappa shape index (κ1) is 13.9. The summed E-state index contributed by atoms with van der Waals surface area (Å²) < 4.78 is 5.64. The molecule has 1 aromatic rings. The molecule has 1 amide bonds. The number of anilines is 1. The SMILES string of the molecule is CC1(CNC(=O)CCc2ccc(N)cc2)CCCO1. The number of aryl methyl sites for hydroxylation is 1. The average Bonchev–Trinajstić information content (AvgIpc) is 2.83. The molecule has 0 aliphatic carbocycles. The molecule has 2 rings (SSSR count). The van der Waals surface area contributed by atoms with Crippen LogP contribution < -0.4 is 11.1 Å². The van der Waals surface area contributed by atoms with E-state index in [4.69, 9.17) is 10.5 Å². The van der Waals surface area contributed by atoms with Gasteiger partial charge < -0.3 is 15.8 Å². The van der Waals surface area contributed by atoms with Crippen molar-refractivity contribution >= 4 is 11.6 Å². The fourth-order valence-corrected chi connectivity index (χ4v) is 2.29. The lowest BCUT2D eigenvalue weighted by atomic mass is 10.0. The highest BCUT2D eigenvalue weighted by Crippen LogP contribution is 2.23. The fourth-order valence-electron chi connectivity index (χ4n) is 2.29. The molecule has 3 N–H and O–H groups in total. The Bertz CT molecular complexity index is 422. The average molecular weight is 262 g/mol. The van der Waals surface area contributed by atoms with Gasteiger partial charge in [0.25, 0.3) is 0 Å². The van der Waals surface area contributed by atoms with Gasteiger partial charge >= 0.3 is 0 Å². The lowest BCUT2D eigenvalue weighted by molar-refractivity contribution is -0.122. The van der Waals surface area contributed by atoms with Crippen molar-refractivity contribution in [2.24, 2.45) is 0 Å². The molecule has 1 aliphatic rings. The van der Waals surface area contributed by atoms with Crippen molar-refractivity contribution < 1.29 is 9.53 Å². The molecule has 1 atom stereocenters. The second-order valence-electron chi connectivity index (χ2n) is 5.42. The minimum Gasteiger partial charge on any atom is -0.399 e. The van der Waals surface area contributed by atoms with E-state index in [2.05, 4.69) is 12.2 Å². The number of nitrogen functional groups attached to an aromatic ring is 1. The number of benzene rings is 1. The predicted molar refractivity (Wildman–Crippen MR) is 75.8 cm³/mol. The molecule has 19 heavy (non-hydrogen) atoms. The van der Waals surface area contributed by atoms with E-state index in [1.54, 1.807) is 0 Å². The van der Waals surface area contributed by atoms with E-state index >= 15 is 0 Å². The van der Waals surface area contributed by atoms with Crippen molar-refractivity contribution in [2.75, 3.05) is 18.9 Å². The molecule has 0 radical (unpaired) electrons. The zero-order valence-corrected chi connectivity index (χ0v) is 11.4. The Morgan fingerprint density at radius 3 is 2.79 bits per heavy atom. The standard InChI is InChI=1S/C15H22N2O2/c1-15(9-2-10-19-15)11-17-14(18)8-5-12-3-6-13(16)7-4-12/h3-4,6-7H,2,5,8-11,16H2,1H3,(H,17,18). The van der Waals surface area contributed by atoms with Crippen LogP contribution in [0.5, 0.6) is 0 Å². The van der Waals surface area contributed by atoms with E-state index in [1.165, 1.54) is 0 Å². The number of carbonyl (C=O) groups excluding carboxylic acids is 1. The van der Waals surface area contributed by atoms with E-state index in [0.717, 1.165) is 37.1 Å². The molecule has 0 saturated carbocycles. The van der Waals surface area contributed by atoms with E-state index in [9.17, 15) is 4.79 Å². The number of hydrogen-bond donors (Lipinski definition) is 2. The largest absolute Gasteiger partial charge is 0.399 e. The van der Waals surface area contributed by atoms with E-state index in [1.807, 2.05) is 24.3 Å². The first-order valence-corrected chi connectivity index (χ1v) is 6.82. The number of rotatable bonds is 5. The third-order valence-corrected chi connectivity index (χ3v) is 3.58. The number of amides is 1. The molecule has 1 fully saturated rings. The van der Waals surface area contributed by atoms with Crippen molar-refractivity contribution in [3.8, 4) is 0 Å². The van der Waals surface area contributed by atoms with Crippen LogP contribution in [0.2, 0.25) is 0 Å². The van der Waals surface area contributed by atoms with Crippen LogP contribution in [-0.2, 0) is 16.0 Å². The zero-order valence-electron chi connectivity index (χ0n) is 11.4. The van der Waals surface area contributed by atoms with Crippen molar-refractivity contribution in [3.63, 3.8) is 0 Å². The van der Waals surface area contributed by atoms with Gasteiger partial charge in [0.15, 0.2) is 0 Å². The molecule has 4 nitrogen and oxygen atoms in total. The monoisotopic (exact) mass is 262 g/mol. The Balaban J connectivity index is 1.71. The third-order valence-electron chi connectivity index (χ3n) is 3.58. The van der Waals surface area contributed by atoms with Crippen molar-refractivity contribution in [3.05, 3.63) is 29.8 Å².